The van der Waals surface area contributed by atoms with Crippen LogP contribution in [0.1, 0.15) is 12.8 Å². The van der Waals surface area contributed by atoms with E-state index in [4.69, 9.17) is 4.42 Å². The van der Waals surface area contributed by atoms with Crippen LogP contribution in [0.25, 0.3) is 22.3 Å². The number of piperidine rings is 1. The molecule has 9 nitrogen and oxygen atoms in total. The molecule has 1 saturated heterocycles. The topological polar surface area (TPSA) is 120 Å². The predicted molar refractivity (Wildman–Crippen MR) is 119 cm³/mol. The van der Waals surface area contributed by atoms with E-state index in [1.54, 1.807) is 18.8 Å². The zero-order chi connectivity index (χ0) is 21.4. The lowest BCUT2D eigenvalue weighted by atomic mass is 10.1. The lowest BCUT2D eigenvalue weighted by molar-refractivity contribution is 0.145. The third-order valence-corrected chi connectivity index (χ3v) is 6.44. The van der Waals surface area contributed by atoms with Gasteiger partial charge in [-0.2, -0.15) is 5.10 Å². The van der Waals surface area contributed by atoms with E-state index in [1.807, 2.05) is 24.3 Å². The number of hydrogen-bond acceptors (Lipinski definition) is 8. The van der Waals surface area contributed by atoms with Crippen molar-refractivity contribution >= 4 is 39.0 Å². The largest absolute Gasteiger partial charge is 0.472 e. The van der Waals surface area contributed by atoms with Crippen molar-refractivity contribution in [2.75, 3.05) is 29.6 Å². The molecular weight excluding hydrogens is 416 g/mol. The molecule has 1 aliphatic heterocycles. The number of furan rings is 1. The van der Waals surface area contributed by atoms with Crippen molar-refractivity contribution in [2.24, 2.45) is 0 Å². The van der Waals surface area contributed by atoms with E-state index in [1.165, 1.54) is 6.33 Å². The summed E-state index contributed by atoms with van der Waals surface area (Å²) in [4.78, 5) is 11.7. The number of fused-ring (bicyclic) bond motifs is 1. The van der Waals surface area contributed by atoms with Crippen LogP contribution < -0.4 is 10.2 Å². The lowest BCUT2D eigenvalue weighted by Crippen LogP contribution is -2.36. The first-order valence-electron chi connectivity index (χ1n) is 9.99. The second-order valence-electron chi connectivity index (χ2n) is 7.51. The summed E-state index contributed by atoms with van der Waals surface area (Å²) in [5.74, 6) is 0.590. The molecule has 3 N–H and O–H groups in total. The second kappa shape index (κ2) is 8.12. The summed E-state index contributed by atoms with van der Waals surface area (Å²) in [6.45, 7) is 1.49. The van der Waals surface area contributed by atoms with Gasteiger partial charge in [-0.25, -0.2) is 9.97 Å². The summed E-state index contributed by atoms with van der Waals surface area (Å²) in [5, 5.41) is 21.4. The van der Waals surface area contributed by atoms with E-state index >= 15 is 0 Å². The van der Waals surface area contributed by atoms with Crippen LogP contribution in [0.3, 0.4) is 0 Å². The number of nitrogens with zero attached hydrogens (tertiary/aromatic N) is 4. The molecule has 0 saturated carbocycles. The number of H-pyrrole nitrogens is 1. The zero-order valence-corrected chi connectivity index (χ0v) is 17.7. The number of aliphatic hydroxyl groups excluding tert-OH is 1. The van der Waals surface area contributed by atoms with Crippen LogP contribution in [0.4, 0.5) is 17.2 Å². The quantitative estimate of drug-likeness (QED) is 0.435. The molecule has 4 heterocycles. The molecule has 4 aromatic rings. The first kappa shape index (κ1) is 19.7. The summed E-state index contributed by atoms with van der Waals surface area (Å²) < 4.78 is 17.4. The molecule has 0 spiro atoms. The number of benzene rings is 1. The number of hydrogen-bond donors (Lipinski definition) is 3. The maximum atomic E-state index is 12.1. The minimum atomic E-state index is -1.13. The van der Waals surface area contributed by atoms with E-state index in [-0.39, 0.29) is 6.10 Å². The summed E-state index contributed by atoms with van der Waals surface area (Å²) in [7, 11) is -1.13. The highest BCUT2D eigenvalue weighted by Crippen LogP contribution is 2.36. The molecule has 1 fully saturated rings. The van der Waals surface area contributed by atoms with Crippen LogP contribution in [0.5, 0.6) is 0 Å². The van der Waals surface area contributed by atoms with Crippen molar-refractivity contribution in [2.45, 2.75) is 23.8 Å². The molecule has 1 atom stereocenters. The zero-order valence-electron chi connectivity index (χ0n) is 16.9. The smallest absolute Gasteiger partial charge is 0.186 e. The molecule has 10 heteroatoms. The molecule has 0 radical (unpaired) electrons. The minimum Gasteiger partial charge on any atom is -0.472 e. The first-order valence-corrected chi connectivity index (χ1v) is 11.5. The molecule has 1 unspecified atom stereocenters. The molecule has 0 aliphatic carbocycles. The van der Waals surface area contributed by atoms with Gasteiger partial charge in [0.25, 0.3) is 0 Å². The molecule has 160 valence electrons. The predicted octanol–water partition coefficient (Wildman–Crippen LogP) is 3.06. The second-order valence-corrected chi connectivity index (χ2v) is 8.89. The molecule has 31 heavy (non-hydrogen) atoms. The standard InChI is InChI=1S/C21H22N6O3S/c1-31(29)15-2-3-17(27-7-4-14(28)5-8-27)16(10-15)24-20-18-19(13-6-9-30-11-13)25-26-21(18)23-12-22-20/h2-3,6,9-12,14,28H,4-5,7-8H2,1H3,(H2,22,23,24,25,26). The SMILES string of the molecule is CS(=O)c1ccc(N2CCC(O)CC2)c(Nc2ncnc3n[nH]c(-c4ccoc4)c23)c1. The van der Waals surface area contributed by atoms with Gasteiger partial charge in [-0.1, -0.05) is 0 Å². The molecule has 0 bridgehead atoms. The van der Waals surface area contributed by atoms with Crippen molar-refractivity contribution in [3.63, 3.8) is 0 Å². The highest BCUT2D eigenvalue weighted by molar-refractivity contribution is 7.84. The van der Waals surface area contributed by atoms with Crippen molar-refractivity contribution < 1.29 is 13.7 Å². The molecular formula is C21H22N6O3S. The fraction of sp³-hybridized carbons (Fsp3) is 0.286. The summed E-state index contributed by atoms with van der Waals surface area (Å²) in [6.07, 6.45) is 7.52. The van der Waals surface area contributed by atoms with E-state index in [2.05, 4.69) is 30.4 Å². The van der Waals surface area contributed by atoms with Gasteiger partial charge in [-0.15, -0.1) is 0 Å². The Kier molecular flexibility index (Phi) is 5.16. The summed E-state index contributed by atoms with van der Waals surface area (Å²) in [6, 6.07) is 7.59. The number of anilines is 3. The van der Waals surface area contributed by atoms with E-state index in [0.29, 0.717) is 24.3 Å². The van der Waals surface area contributed by atoms with Crippen LogP contribution in [0.15, 0.2) is 52.4 Å². The number of rotatable bonds is 5. The number of aromatic amines is 1. The monoisotopic (exact) mass is 438 g/mol. The van der Waals surface area contributed by atoms with E-state index in [9.17, 15) is 9.32 Å². The van der Waals surface area contributed by atoms with Crippen LogP contribution in [-0.2, 0) is 10.8 Å². The normalized spacial score (nSPS) is 16.0. The van der Waals surface area contributed by atoms with Crippen molar-refractivity contribution in [1.82, 2.24) is 20.2 Å². The van der Waals surface area contributed by atoms with Gasteiger partial charge in [0.2, 0.25) is 0 Å². The number of aromatic nitrogens is 4. The number of aliphatic hydroxyl groups is 1. The summed E-state index contributed by atoms with van der Waals surface area (Å²) >= 11 is 0. The third kappa shape index (κ3) is 3.79. The Morgan fingerprint density at radius 2 is 2.10 bits per heavy atom. The highest BCUT2D eigenvalue weighted by atomic mass is 32.2. The Bertz CT molecular complexity index is 1230. The molecule has 1 aromatic carbocycles. The maximum absolute atomic E-state index is 12.1. The maximum Gasteiger partial charge on any atom is 0.186 e. The van der Waals surface area contributed by atoms with Crippen LogP contribution in [0, 0.1) is 0 Å². The van der Waals surface area contributed by atoms with Crippen molar-refractivity contribution in [3.8, 4) is 11.3 Å². The van der Waals surface area contributed by atoms with Crippen molar-refractivity contribution in [1.29, 1.82) is 0 Å². The Hall–Kier alpha value is -3.24. The lowest BCUT2D eigenvalue weighted by Gasteiger charge is -2.33. The Balaban J connectivity index is 1.59. The molecule has 1 aliphatic rings. The van der Waals surface area contributed by atoms with Crippen LogP contribution in [0.2, 0.25) is 0 Å². The van der Waals surface area contributed by atoms with Crippen LogP contribution in [-0.4, -0.2) is 54.9 Å². The number of nitrogens with one attached hydrogen (secondary N) is 2. The Labute approximate surface area is 181 Å². The van der Waals surface area contributed by atoms with E-state index in [0.717, 1.165) is 46.0 Å². The van der Waals surface area contributed by atoms with Crippen LogP contribution >= 0.6 is 0 Å². The average Bonchev–Trinajstić information content (AvgIpc) is 3.44. The van der Waals surface area contributed by atoms with Gasteiger partial charge in [-0.05, 0) is 37.1 Å². The van der Waals surface area contributed by atoms with Gasteiger partial charge in [0.05, 0.1) is 41.1 Å². The fourth-order valence-electron chi connectivity index (χ4n) is 3.87. The summed E-state index contributed by atoms with van der Waals surface area (Å²) in [5.41, 5.74) is 3.90. The third-order valence-electron chi connectivity index (χ3n) is 5.52. The average molecular weight is 439 g/mol. The Morgan fingerprint density at radius 1 is 1.26 bits per heavy atom. The fourth-order valence-corrected chi connectivity index (χ4v) is 4.41. The Morgan fingerprint density at radius 3 is 2.84 bits per heavy atom. The minimum absolute atomic E-state index is 0.264. The van der Waals surface area contributed by atoms with E-state index < -0.39 is 10.8 Å². The molecule has 5 rings (SSSR count). The highest BCUT2D eigenvalue weighted by Gasteiger charge is 2.22. The first-order chi connectivity index (χ1) is 15.1. The van der Waals surface area contributed by atoms with Gasteiger partial charge >= 0.3 is 0 Å². The molecule has 3 aromatic heterocycles. The van der Waals surface area contributed by atoms with Gasteiger partial charge < -0.3 is 19.7 Å². The van der Waals surface area contributed by atoms with Gasteiger partial charge in [0.15, 0.2) is 5.65 Å². The van der Waals surface area contributed by atoms with Gasteiger partial charge in [0, 0.05) is 40.6 Å². The molecule has 0 amide bonds. The van der Waals surface area contributed by atoms with Gasteiger partial charge in [-0.3, -0.25) is 9.31 Å². The van der Waals surface area contributed by atoms with Gasteiger partial charge in [0.1, 0.15) is 12.1 Å². The van der Waals surface area contributed by atoms with Crippen molar-refractivity contribution in [3.05, 3.63) is 43.1 Å².